The van der Waals surface area contributed by atoms with E-state index in [0.29, 0.717) is 16.8 Å². The van der Waals surface area contributed by atoms with Gasteiger partial charge in [0.05, 0.1) is 0 Å². The highest BCUT2D eigenvalue weighted by molar-refractivity contribution is 5.72. The fourth-order valence-corrected chi connectivity index (χ4v) is 2.49. The maximum atomic E-state index is 13.0. The highest BCUT2D eigenvalue weighted by atomic mass is 19.4. The molecule has 138 valence electrons. The van der Waals surface area contributed by atoms with E-state index in [0.717, 1.165) is 17.8 Å². The van der Waals surface area contributed by atoms with E-state index in [1.807, 2.05) is 32.9 Å². The van der Waals surface area contributed by atoms with Gasteiger partial charge in [0.15, 0.2) is 11.5 Å². The first-order valence-corrected chi connectivity index (χ1v) is 7.97. The molecule has 0 aliphatic heterocycles. The molecular weight excluding hydrogens is 357 g/mol. The van der Waals surface area contributed by atoms with Crippen molar-refractivity contribution in [1.82, 2.24) is 25.4 Å². The largest absolute Gasteiger partial charge is 0.433 e. The Morgan fingerprint density at radius 3 is 2.41 bits per heavy atom. The Bertz CT molecular complexity index is 1020. The number of nitrogens with zero attached hydrogens (tertiary/aromatic N) is 5. The second kappa shape index (κ2) is 6.46. The van der Waals surface area contributed by atoms with Gasteiger partial charge in [0.25, 0.3) is 0 Å². The maximum absolute atomic E-state index is 13.0. The summed E-state index contributed by atoms with van der Waals surface area (Å²) in [6.07, 6.45) is -3.49. The number of alkyl halides is 3. The molecular formula is C18H15F3N6. The van der Waals surface area contributed by atoms with E-state index < -0.39 is 11.9 Å². The highest BCUT2D eigenvalue weighted by Crippen LogP contribution is 2.33. The number of nitriles is 1. The molecule has 1 aromatic carbocycles. The Morgan fingerprint density at radius 1 is 1.07 bits per heavy atom. The molecule has 1 N–H and O–H groups in total. The number of hydrogen-bond acceptors (Lipinski definition) is 5. The van der Waals surface area contributed by atoms with Crippen molar-refractivity contribution in [2.75, 3.05) is 0 Å². The molecule has 2 heterocycles. The summed E-state index contributed by atoms with van der Waals surface area (Å²) in [7, 11) is 0. The van der Waals surface area contributed by atoms with Gasteiger partial charge in [-0.25, -0.2) is 15.1 Å². The first-order chi connectivity index (χ1) is 12.6. The lowest BCUT2D eigenvalue weighted by Crippen LogP contribution is -2.12. The molecule has 3 aromatic rings. The molecule has 2 aromatic heterocycles. The van der Waals surface area contributed by atoms with Crippen LogP contribution in [0.3, 0.4) is 0 Å². The number of aromatic nitrogens is 5. The molecule has 3 rings (SSSR count). The average molecular weight is 372 g/mol. The van der Waals surface area contributed by atoms with Crippen LogP contribution in [0.25, 0.3) is 22.6 Å². The predicted octanol–water partition coefficient (Wildman–Crippen LogP) is 4.12. The Kier molecular flexibility index (Phi) is 4.43. The van der Waals surface area contributed by atoms with Crippen LogP contribution >= 0.6 is 0 Å². The first kappa shape index (κ1) is 18.5. The molecule has 0 fully saturated rings. The Balaban J connectivity index is 2.22. The minimum atomic E-state index is -4.57. The van der Waals surface area contributed by atoms with Crippen molar-refractivity contribution in [3.8, 4) is 28.7 Å². The third-order valence-corrected chi connectivity index (χ3v) is 3.94. The van der Waals surface area contributed by atoms with Crippen molar-refractivity contribution >= 4 is 0 Å². The third kappa shape index (κ3) is 3.79. The van der Waals surface area contributed by atoms with Gasteiger partial charge in [-0.2, -0.15) is 18.4 Å². The van der Waals surface area contributed by atoms with Gasteiger partial charge in [0.2, 0.25) is 0 Å². The molecule has 0 saturated carbocycles. The molecule has 9 heteroatoms. The molecule has 6 nitrogen and oxygen atoms in total. The van der Waals surface area contributed by atoms with Gasteiger partial charge < -0.3 is 0 Å². The average Bonchev–Trinajstić information content (AvgIpc) is 3.09. The van der Waals surface area contributed by atoms with Gasteiger partial charge in [-0.05, 0) is 35.2 Å². The molecule has 0 saturated heterocycles. The van der Waals surface area contributed by atoms with E-state index in [1.54, 1.807) is 12.1 Å². The molecule has 0 bridgehead atoms. The van der Waals surface area contributed by atoms with E-state index in [2.05, 4.69) is 25.4 Å². The Labute approximate surface area is 153 Å². The van der Waals surface area contributed by atoms with Crippen molar-refractivity contribution in [2.45, 2.75) is 32.4 Å². The fraction of sp³-hybridized carbons (Fsp3) is 0.278. The number of hydrogen-bond donors (Lipinski definition) is 1. The standard InChI is InChI=1S/C18H15F3N6/c1-17(2,3)12-7-10(15-13(9-22)25-27-26-15)6-11(8-12)16-23-5-4-14(24-16)18(19,20)21/h4-8H,1-3H3,(H,25,26,27). The molecule has 0 amide bonds. The molecule has 0 spiro atoms. The number of rotatable bonds is 2. The highest BCUT2D eigenvalue weighted by Gasteiger charge is 2.33. The summed E-state index contributed by atoms with van der Waals surface area (Å²) < 4.78 is 39.0. The van der Waals surface area contributed by atoms with Crippen molar-refractivity contribution < 1.29 is 13.2 Å². The van der Waals surface area contributed by atoms with Gasteiger partial charge in [0, 0.05) is 17.3 Å². The smallest absolute Gasteiger partial charge is 0.247 e. The van der Waals surface area contributed by atoms with E-state index in [1.165, 1.54) is 0 Å². The molecule has 0 aliphatic carbocycles. The summed E-state index contributed by atoms with van der Waals surface area (Å²) in [4.78, 5) is 7.65. The van der Waals surface area contributed by atoms with Crippen LogP contribution in [0, 0.1) is 11.3 Å². The minimum Gasteiger partial charge on any atom is -0.247 e. The van der Waals surface area contributed by atoms with Crippen LogP contribution in [-0.4, -0.2) is 25.4 Å². The number of aromatic amines is 1. The SMILES string of the molecule is CC(C)(C)c1cc(-c2nccc(C(F)(F)F)n2)cc(-c2nn[nH]c2C#N)c1. The van der Waals surface area contributed by atoms with Crippen LogP contribution in [0.2, 0.25) is 0 Å². The number of H-pyrrole nitrogens is 1. The zero-order valence-electron chi connectivity index (χ0n) is 14.8. The van der Waals surface area contributed by atoms with Gasteiger partial charge in [-0.1, -0.05) is 26.0 Å². The van der Waals surface area contributed by atoms with Crippen molar-refractivity contribution in [1.29, 1.82) is 5.26 Å². The second-order valence-electron chi connectivity index (χ2n) is 6.96. The van der Waals surface area contributed by atoms with Crippen LogP contribution < -0.4 is 0 Å². The van der Waals surface area contributed by atoms with Gasteiger partial charge in [-0.15, -0.1) is 5.10 Å². The summed E-state index contributed by atoms with van der Waals surface area (Å²) >= 11 is 0. The molecule has 27 heavy (non-hydrogen) atoms. The van der Waals surface area contributed by atoms with E-state index in [4.69, 9.17) is 0 Å². The molecule has 0 atom stereocenters. The van der Waals surface area contributed by atoms with Gasteiger partial charge in [-0.3, -0.25) is 0 Å². The lowest BCUT2D eigenvalue weighted by molar-refractivity contribution is -0.141. The predicted molar refractivity (Wildman–Crippen MR) is 91.3 cm³/mol. The summed E-state index contributed by atoms with van der Waals surface area (Å²) in [5, 5.41) is 19.3. The zero-order chi connectivity index (χ0) is 19.8. The number of halogens is 3. The number of nitrogens with one attached hydrogen (secondary N) is 1. The molecule has 0 unspecified atom stereocenters. The zero-order valence-corrected chi connectivity index (χ0v) is 14.8. The molecule has 0 aliphatic rings. The van der Waals surface area contributed by atoms with Crippen LogP contribution in [0.5, 0.6) is 0 Å². The summed E-state index contributed by atoms with van der Waals surface area (Å²) in [6.45, 7) is 5.91. The monoisotopic (exact) mass is 372 g/mol. The van der Waals surface area contributed by atoms with Gasteiger partial charge >= 0.3 is 6.18 Å². The first-order valence-electron chi connectivity index (χ1n) is 7.97. The maximum Gasteiger partial charge on any atom is 0.433 e. The van der Waals surface area contributed by atoms with Crippen LogP contribution in [0.15, 0.2) is 30.5 Å². The van der Waals surface area contributed by atoms with Gasteiger partial charge in [0.1, 0.15) is 17.5 Å². The molecule has 0 radical (unpaired) electrons. The van der Waals surface area contributed by atoms with E-state index >= 15 is 0 Å². The van der Waals surface area contributed by atoms with E-state index in [-0.39, 0.29) is 16.9 Å². The van der Waals surface area contributed by atoms with Crippen LogP contribution in [0.1, 0.15) is 37.7 Å². The van der Waals surface area contributed by atoms with Crippen molar-refractivity contribution in [2.24, 2.45) is 0 Å². The Morgan fingerprint density at radius 2 is 1.78 bits per heavy atom. The lowest BCUT2D eigenvalue weighted by Gasteiger charge is -2.21. The quantitative estimate of drug-likeness (QED) is 0.731. The topological polar surface area (TPSA) is 91.1 Å². The minimum absolute atomic E-state index is 0.0563. The normalized spacial score (nSPS) is 12.0. The summed E-state index contributed by atoms with van der Waals surface area (Å²) in [5.74, 6) is -0.0563. The van der Waals surface area contributed by atoms with E-state index in [9.17, 15) is 18.4 Å². The van der Waals surface area contributed by atoms with Crippen LogP contribution in [0.4, 0.5) is 13.2 Å². The number of benzene rings is 1. The second-order valence-corrected chi connectivity index (χ2v) is 6.96. The third-order valence-electron chi connectivity index (χ3n) is 3.94. The Hall–Kier alpha value is -3.28. The fourth-order valence-electron chi connectivity index (χ4n) is 2.49. The lowest BCUT2D eigenvalue weighted by atomic mass is 9.84. The van der Waals surface area contributed by atoms with Crippen molar-refractivity contribution in [3.05, 3.63) is 47.4 Å². The van der Waals surface area contributed by atoms with Crippen LogP contribution in [-0.2, 0) is 11.6 Å². The summed E-state index contributed by atoms with van der Waals surface area (Å²) in [6, 6.07) is 7.95. The summed E-state index contributed by atoms with van der Waals surface area (Å²) in [5.41, 5.74) is 0.938. The van der Waals surface area contributed by atoms with Crippen molar-refractivity contribution in [3.63, 3.8) is 0 Å².